The Balaban J connectivity index is 2.26. The van der Waals surface area contributed by atoms with Crippen molar-refractivity contribution in [2.45, 2.75) is 20.4 Å². The highest BCUT2D eigenvalue weighted by molar-refractivity contribution is 6.00. The number of aromatic nitrogens is 2. The van der Waals surface area contributed by atoms with Gasteiger partial charge in [-0.3, -0.25) is 4.57 Å². The molecule has 2 aromatic rings. The molecule has 0 fully saturated rings. The average Bonchev–Trinajstić information content (AvgIpc) is 2.70. The summed E-state index contributed by atoms with van der Waals surface area (Å²) in [5.41, 5.74) is 0.722. The van der Waals surface area contributed by atoms with Crippen molar-refractivity contribution in [3.8, 4) is 0 Å². The molecule has 0 amide bonds. The van der Waals surface area contributed by atoms with Gasteiger partial charge in [-0.1, -0.05) is 19.9 Å². The summed E-state index contributed by atoms with van der Waals surface area (Å²) in [6, 6.07) is 4.83. The molecule has 1 aromatic heterocycles. The largest absolute Gasteiger partial charge is 0.478 e. The maximum Gasteiger partial charge on any atom is 0.337 e. The monoisotopic (exact) mass is 278 g/mol. The van der Waals surface area contributed by atoms with Crippen LogP contribution in [0, 0.1) is 5.92 Å². The van der Waals surface area contributed by atoms with Crippen molar-refractivity contribution in [2.24, 2.45) is 5.92 Å². The van der Waals surface area contributed by atoms with Crippen molar-refractivity contribution < 1.29 is 14.6 Å². The number of aromatic carboxylic acids is 1. The zero-order valence-electron chi connectivity index (χ0n) is 11.5. The number of carboxylic acids is 1. The molecule has 0 aliphatic heterocycles. The van der Waals surface area contributed by atoms with Crippen LogP contribution in [0.25, 0.3) is 11.0 Å². The lowest BCUT2D eigenvalue weighted by molar-refractivity contribution is 0.0699. The standard InChI is InChI=1S/C14H18N2O4/c1-9(2)8-20-7-6-16-11-5-3-4-10(13(17)18)12(11)15-14(16)19/h3-5,9H,6-8H2,1-2H3,(H,15,19)(H,17,18). The van der Waals surface area contributed by atoms with E-state index in [1.165, 1.54) is 10.6 Å². The van der Waals surface area contributed by atoms with Crippen LogP contribution in [-0.2, 0) is 11.3 Å². The molecule has 6 nitrogen and oxygen atoms in total. The first-order valence-electron chi connectivity index (χ1n) is 6.53. The van der Waals surface area contributed by atoms with Crippen molar-refractivity contribution in [2.75, 3.05) is 13.2 Å². The molecular formula is C14H18N2O4. The Hall–Kier alpha value is -2.08. The smallest absolute Gasteiger partial charge is 0.337 e. The number of benzene rings is 1. The molecule has 0 saturated heterocycles. The molecular weight excluding hydrogens is 260 g/mol. The molecule has 0 radical (unpaired) electrons. The second-order valence-corrected chi connectivity index (χ2v) is 5.06. The third-order valence-corrected chi connectivity index (χ3v) is 2.95. The summed E-state index contributed by atoms with van der Waals surface area (Å²) >= 11 is 0. The molecule has 6 heteroatoms. The van der Waals surface area contributed by atoms with Gasteiger partial charge in [0, 0.05) is 6.61 Å². The number of hydrogen-bond acceptors (Lipinski definition) is 3. The van der Waals surface area contributed by atoms with E-state index >= 15 is 0 Å². The van der Waals surface area contributed by atoms with Crippen LogP contribution in [0.5, 0.6) is 0 Å². The van der Waals surface area contributed by atoms with E-state index < -0.39 is 5.97 Å². The van der Waals surface area contributed by atoms with Gasteiger partial charge in [-0.05, 0) is 18.1 Å². The summed E-state index contributed by atoms with van der Waals surface area (Å²) in [6.45, 7) is 5.56. The lowest BCUT2D eigenvalue weighted by atomic mass is 10.2. The number of carbonyl (C=O) groups is 1. The summed E-state index contributed by atoms with van der Waals surface area (Å²) in [6.07, 6.45) is 0. The molecule has 108 valence electrons. The van der Waals surface area contributed by atoms with E-state index in [0.29, 0.717) is 36.7 Å². The van der Waals surface area contributed by atoms with Gasteiger partial charge in [0.1, 0.15) is 0 Å². The summed E-state index contributed by atoms with van der Waals surface area (Å²) in [7, 11) is 0. The zero-order valence-corrected chi connectivity index (χ0v) is 11.5. The van der Waals surface area contributed by atoms with Crippen LogP contribution in [0.4, 0.5) is 0 Å². The Kier molecular flexibility index (Phi) is 4.24. The topological polar surface area (TPSA) is 84.3 Å². The molecule has 0 bridgehead atoms. The Morgan fingerprint density at radius 2 is 2.20 bits per heavy atom. The normalized spacial score (nSPS) is 11.3. The summed E-state index contributed by atoms with van der Waals surface area (Å²) in [4.78, 5) is 25.6. The minimum atomic E-state index is -1.06. The number of carboxylic acid groups (broad SMARTS) is 1. The molecule has 0 aliphatic rings. The van der Waals surface area contributed by atoms with E-state index in [0.717, 1.165) is 0 Å². The molecule has 2 rings (SSSR count). The van der Waals surface area contributed by atoms with Crippen molar-refractivity contribution >= 4 is 17.0 Å². The van der Waals surface area contributed by atoms with Crippen molar-refractivity contribution in [1.29, 1.82) is 0 Å². The maximum atomic E-state index is 11.9. The summed E-state index contributed by atoms with van der Waals surface area (Å²) in [5, 5.41) is 9.10. The Labute approximate surface area is 116 Å². The molecule has 0 aliphatic carbocycles. The van der Waals surface area contributed by atoms with Gasteiger partial charge in [-0.2, -0.15) is 0 Å². The fourth-order valence-electron chi connectivity index (χ4n) is 2.06. The Morgan fingerprint density at radius 1 is 1.45 bits per heavy atom. The number of ether oxygens (including phenoxy) is 1. The highest BCUT2D eigenvalue weighted by Gasteiger charge is 2.13. The molecule has 0 unspecified atom stereocenters. The second-order valence-electron chi connectivity index (χ2n) is 5.06. The predicted octanol–water partition coefficient (Wildman–Crippen LogP) is 1.70. The minimum Gasteiger partial charge on any atom is -0.478 e. The average molecular weight is 278 g/mol. The van der Waals surface area contributed by atoms with E-state index in [2.05, 4.69) is 18.8 Å². The van der Waals surface area contributed by atoms with Crippen molar-refractivity contribution in [1.82, 2.24) is 9.55 Å². The van der Waals surface area contributed by atoms with Crippen LogP contribution in [0.15, 0.2) is 23.0 Å². The maximum absolute atomic E-state index is 11.9. The van der Waals surface area contributed by atoms with Gasteiger partial charge in [0.05, 0.1) is 29.7 Å². The van der Waals surface area contributed by atoms with Gasteiger partial charge in [0.25, 0.3) is 0 Å². The van der Waals surface area contributed by atoms with Crippen LogP contribution >= 0.6 is 0 Å². The minimum absolute atomic E-state index is 0.0986. The van der Waals surface area contributed by atoms with Crippen LogP contribution in [0.3, 0.4) is 0 Å². The summed E-state index contributed by atoms with van der Waals surface area (Å²) < 4.78 is 6.96. The number of nitrogens with zero attached hydrogens (tertiary/aromatic N) is 1. The third kappa shape index (κ3) is 2.91. The third-order valence-electron chi connectivity index (χ3n) is 2.95. The van der Waals surface area contributed by atoms with Crippen LogP contribution in [0.1, 0.15) is 24.2 Å². The zero-order chi connectivity index (χ0) is 14.7. The Morgan fingerprint density at radius 3 is 2.85 bits per heavy atom. The first-order valence-corrected chi connectivity index (χ1v) is 6.53. The van der Waals surface area contributed by atoms with Crippen molar-refractivity contribution in [3.63, 3.8) is 0 Å². The fourth-order valence-corrected chi connectivity index (χ4v) is 2.06. The van der Waals surface area contributed by atoms with E-state index in [1.807, 2.05) is 0 Å². The number of imidazole rings is 1. The SMILES string of the molecule is CC(C)COCCn1c(=O)[nH]c2c(C(=O)O)cccc21. The lowest BCUT2D eigenvalue weighted by Gasteiger charge is -2.07. The number of aromatic amines is 1. The number of para-hydroxylation sites is 1. The van der Waals surface area contributed by atoms with E-state index in [-0.39, 0.29) is 11.3 Å². The highest BCUT2D eigenvalue weighted by atomic mass is 16.5. The number of H-pyrrole nitrogens is 1. The lowest BCUT2D eigenvalue weighted by Crippen LogP contribution is -2.20. The van der Waals surface area contributed by atoms with Gasteiger partial charge < -0.3 is 14.8 Å². The quantitative estimate of drug-likeness (QED) is 0.788. The molecule has 0 saturated carbocycles. The van der Waals surface area contributed by atoms with E-state index in [4.69, 9.17) is 9.84 Å². The fraction of sp³-hybridized carbons (Fsp3) is 0.429. The van der Waals surface area contributed by atoms with Gasteiger partial charge in [-0.25, -0.2) is 9.59 Å². The molecule has 2 N–H and O–H groups in total. The molecule has 1 aromatic carbocycles. The summed E-state index contributed by atoms with van der Waals surface area (Å²) in [5.74, 6) is -0.617. The van der Waals surface area contributed by atoms with Gasteiger partial charge in [0.15, 0.2) is 0 Å². The van der Waals surface area contributed by atoms with Crippen LogP contribution < -0.4 is 5.69 Å². The molecule has 20 heavy (non-hydrogen) atoms. The van der Waals surface area contributed by atoms with Gasteiger partial charge in [0.2, 0.25) is 0 Å². The number of hydrogen-bond donors (Lipinski definition) is 2. The van der Waals surface area contributed by atoms with E-state index in [9.17, 15) is 9.59 Å². The second kappa shape index (κ2) is 5.92. The number of rotatable bonds is 6. The number of fused-ring (bicyclic) bond motifs is 1. The Bertz CT molecular complexity index is 669. The van der Waals surface area contributed by atoms with E-state index in [1.54, 1.807) is 12.1 Å². The van der Waals surface area contributed by atoms with Gasteiger partial charge >= 0.3 is 11.7 Å². The predicted molar refractivity (Wildman–Crippen MR) is 75.2 cm³/mol. The highest BCUT2D eigenvalue weighted by Crippen LogP contribution is 2.15. The van der Waals surface area contributed by atoms with Crippen LogP contribution in [-0.4, -0.2) is 33.8 Å². The number of nitrogens with one attached hydrogen (secondary N) is 1. The van der Waals surface area contributed by atoms with Crippen LogP contribution in [0.2, 0.25) is 0 Å². The molecule has 0 atom stereocenters. The van der Waals surface area contributed by atoms with Crippen molar-refractivity contribution in [3.05, 3.63) is 34.2 Å². The molecule has 1 heterocycles. The first-order chi connectivity index (χ1) is 9.50. The van der Waals surface area contributed by atoms with Gasteiger partial charge in [-0.15, -0.1) is 0 Å². The first kappa shape index (κ1) is 14.3. The molecule has 0 spiro atoms.